The highest BCUT2D eigenvalue weighted by atomic mass is 35.5. The van der Waals surface area contributed by atoms with E-state index in [2.05, 4.69) is 36.4 Å². The number of carbonyl (C=O) groups excluding carboxylic acids is 1. The van der Waals surface area contributed by atoms with Gasteiger partial charge in [-0.3, -0.25) is 4.79 Å². The van der Waals surface area contributed by atoms with Crippen molar-refractivity contribution in [3.63, 3.8) is 0 Å². The van der Waals surface area contributed by atoms with E-state index in [-0.39, 0.29) is 5.91 Å². The average Bonchev–Trinajstić information content (AvgIpc) is 3.24. The van der Waals surface area contributed by atoms with Crippen molar-refractivity contribution in [1.82, 2.24) is 4.90 Å². The smallest absolute Gasteiger partial charge is 0.240 e. The zero-order valence-corrected chi connectivity index (χ0v) is 17.8. The van der Waals surface area contributed by atoms with Crippen LogP contribution in [0.1, 0.15) is 16.7 Å². The van der Waals surface area contributed by atoms with E-state index >= 15 is 0 Å². The fourth-order valence-electron chi connectivity index (χ4n) is 4.50. The van der Waals surface area contributed by atoms with Crippen molar-refractivity contribution in [2.75, 3.05) is 0 Å². The van der Waals surface area contributed by atoms with Crippen LogP contribution in [0.5, 0.6) is 0 Å². The van der Waals surface area contributed by atoms with E-state index in [4.69, 9.17) is 17.3 Å². The molecule has 3 nitrogen and oxygen atoms in total. The van der Waals surface area contributed by atoms with Crippen LogP contribution in [0.25, 0.3) is 21.9 Å². The molecule has 4 heteroatoms. The summed E-state index contributed by atoms with van der Waals surface area (Å²) in [7, 11) is 0. The molecule has 2 N–H and O–H groups in total. The third-order valence-corrected chi connectivity index (χ3v) is 6.42. The van der Waals surface area contributed by atoms with Gasteiger partial charge in [-0.25, -0.2) is 0 Å². The molecule has 31 heavy (non-hydrogen) atoms. The van der Waals surface area contributed by atoms with Gasteiger partial charge in [-0.15, -0.1) is 0 Å². The zero-order valence-electron chi connectivity index (χ0n) is 17.1. The monoisotopic (exact) mass is 426 g/mol. The summed E-state index contributed by atoms with van der Waals surface area (Å²) in [6, 6.07) is 27.9. The van der Waals surface area contributed by atoms with Crippen molar-refractivity contribution in [1.29, 1.82) is 0 Å². The van der Waals surface area contributed by atoms with Crippen LogP contribution in [0, 0.1) is 0 Å². The molecule has 154 valence electrons. The van der Waals surface area contributed by atoms with E-state index in [0.29, 0.717) is 19.5 Å². The first kappa shape index (κ1) is 19.8. The van der Waals surface area contributed by atoms with Gasteiger partial charge in [0, 0.05) is 23.7 Å². The third-order valence-electron chi connectivity index (χ3n) is 6.09. The Balaban J connectivity index is 1.43. The Bertz CT molecular complexity index is 1260. The molecule has 0 radical (unpaired) electrons. The minimum absolute atomic E-state index is 0.00420. The molecule has 0 aromatic heterocycles. The second-order valence-corrected chi connectivity index (χ2v) is 8.48. The first-order valence-electron chi connectivity index (χ1n) is 10.5. The maximum absolute atomic E-state index is 13.1. The predicted octanol–water partition coefficient (Wildman–Crippen LogP) is 5.57. The summed E-state index contributed by atoms with van der Waals surface area (Å²) < 4.78 is 0. The molecule has 0 saturated carbocycles. The second-order valence-electron chi connectivity index (χ2n) is 8.07. The third kappa shape index (κ3) is 3.71. The molecule has 4 aromatic carbocycles. The summed E-state index contributed by atoms with van der Waals surface area (Å²) in [6.07, 6.45) is 0.495. The lowest BCUT2D eigenvalue weighted by Crippen LogP contribution is -2.42. The van der Waals surface area contributed by atoms with Gasteiger partial charge in [-0.05, 0) is 45.5 Å². The van der Waals surface area contributed by atoms with Crippen LogP contribution in [0.2, 0.25) is 5.02 Å². The highest BCUT2D eigenvalue weighted by Gasteiger charge is 2.27. The van der Waals surface area contributed by atoms with Gasteiger partial charge in [-0.2, -0.15) is 0 Å². The molecule has 1 amide bonds. The number of nitrogens with zero attached hydrogens (tertiary/aromatic N) is 1. The van der Waals surface area contributed by atoms with Crippen molar-refractivity contribution in [3.05, 3.63) is 107 Å². The van der Waals surface area contributed by atoms with Crippen LogP contribution in [0.3, 0.4) is 0 Å². The molecule has 0 fully saturated rings. The molecule has 0 bridgehead atoms. The molecule has 0 saturated heterocycles. The van der Waals surface area contributed by atoms with Crippen LogP contribution in [0.15, 0.2) is 84.9 Å². The Labute approximate surface area is 187 Å². The molecule has 1 aliphatic rings. The number of fused-ring (bicyclic) bond motifs is 2. The Kier molecular flexibility index (Phi) is 5.23. The minimum Gasteiger partial charge on any atom is -0.333 e. The lowest BCUT2D eigenvalue weighted by Gasteiger charge is -2.21. The summed E-state index contributed by atoms with van der Waals surface area (Å²) in [4.78, 5) is 14.9. The molecule has 0 spiro atoms. The first-order valence-corrected chi connectivity index (χ1v) is 10.9. The van der Waals surface area contributed by atoms with Crippen LogP contribution in [-0.2, 0) is 24.3 Å². The Morgan fingerprint density at radius 1 is 0.806 bits per heavy atom. The molecule has 1 atom stereocenters. The van der Waals surface area contributed by atoms with Gasteiger partial charge in [0.15, 0.2) is 0 Å². The molecule has 1 aliphatic heterocycles. The summed E-state index contributed by atoms with van der Waals surface area (Å²) in [5.74, 6) is -0.00420. The SMILES string of the molecule is NC(Cc1ccc(-c2ccccc2Cl)c2ccccc12)C(=O)N1Cc2ccccc2C1. The number of benzene rings is 4. The number of halogens is 1. The lowest BCUT2D eigenvalue weighted by atomic mass is 9.92. The molecule has 1 unspecified atom stereocenters. The predicted molar refractivity (Wildman–Crippen MR) is 127 cm³/mol. The van der Waals surface area contributed by atoms with Gasteiger partial charge in [0.25, 0.3) is 0 Å². The maximum atomic E-state index is 13.1. The minimum atomic E-state index is -0.580. The largest absolute Gasteiger partial charge is 0.333 e. The van der Waals surface area contributed by atoms with E-state index in [0.717, 1.165) is 32.5 Å². The highest BCUT2D eigenvalue weighted by molar-refractivity contribution is 6.33. The quantitative estimate of drug-likeness (QED) is 0.463. The van der Waals surface area contributed by atoms with Crippen LogP contribution in [0.4, 0.5) is 0 Å². The zero-order chi connectivity index (χ0) is 21.4. The topological polar surface area (TPSA) is 46.3 Å². The van der Waals surface area contributed by atoms with Crippen LogP contribution in [-0.4, -0.2) is 16.8 Å². The summed E-state index contributed by atoms with van der Waals surface area (Å²) >= 11 is 6.47. The number of nitrogens with two attached hydrogens (primary N) is 1. The van der Waals surface area contributed by atoms with Gasteiger partial charge < -0.3 is 10.6 Å². The number of hydrogen-bond donors (Lipinski definition) is 1. The molecule has 1 heterocycles. The summed E-state index contributed by atoms with van der Waals surface area (Å²) in [5, 5.41) is 2.94. The molecular weight excluding hydrogens is 404 g/mol. The van der Waals surface area contributed by atoms with Crippen LogP contribution >= 0.6 is 11.6 Å². The molecule has 5 rings (SSSR count). The Morgan fingerprint density at radius 3 is 2.13 bits per heavy atom. The van der Waals surface area contributed by atoms with Crippen molar-refractivity contribution < 1.29 is 4.79 Å². The van der Waals surface area contributed by atoms with E-state index in [1.807, 2.05) is 53.4 Å². The second kappa shape index (κ2) is 8.18. The highest BCUT2D eigenvalue weighted by Crippen LogP contribution is 2.35. The van der Waals surface area contributed by atoms with Gasteiger partial charge in [0.05, 0.1) is 6.04 Å². The van der Waals surface area contributed by atoms with Gasteiger partial charge in [-0.1, -0.05) is 90.5 Å². The lowest BCUT2D eigenvalue weighted by molar-refractivity contribution is -0.133. The summed E-state index contributed by atoms with van der Waals surface area (Å²) in [6.45, 7) is 1.27. The maximum Gasteiger partial charge on any atom is 0.240 e. The standard InChI is InChI=1S/C27H23ClN2O/c28-25-12-6-5-11-24(25)23-14-13-18(21-9-3-4-10-22(21)23)15-26(29)27(31)30-16-19-7-1-2-8-20(19)17-30/h1-14,26H,15-17,29H2. The molecule has 0 aliphatic carbocycles. The van der Waals surface area contributed by atoms with Crippen LogP contribution < -0.4 is 5.73 Å². The van der Waals surface area contributed by atoms with Gasteiger partial charge in [0.2, 0.25) is 5.91 Å². The first-order chi connectivity index (χ1) is 15.1. The number of carbonyl (C=O) groups is 1. The van der Waals surface area contributed by atoms with E-state index in [9.17, 15) is 4.79 Å². The van der Waals surface area contributed by atoms with Gasteiger partial charge >= 0.3 is 0 Å². The number of amides is 1. The molecular formula is C27H23ClN2O. The fourth-order valence-corrected chi connectivity index (χ4v) is 4.74. The van der Waals surface area contributed by atoms with E-state index < -0.39 is 6.04 Å². The average molecular weight is 427 g/mol. The van der Waals surface area contributed by atoms with Crippen molar-refractivity contribution in [2.24, 2.45) is 5.73 Å². The van der Waals surface area contributed by atoms with Gasteiger partial charge in [0.1, 0.15) is 0 Å². The van der Waals surface area contributed by atoms with Crippen molar-refractivity contribution >= 4 is 28.3 Å². The Hall–Kier alpha value is -3.14. The van der Waals surface area contributed by atoms with E-state index in [1.54, 1.807) is 0 Å². The van der Waals surface area contributed by atoms with Crippen molar-refractivity contribution in [3.8, 4) is 11.1 Å². The van der Waals surface area contributed by atoms with E-state index in [1.165, 1.54) is 11.1 Å². The summed E-state index contributed by atoms with van der Waals surface area (Å²) in [5.41, 5.74) is 12.0. The Morgan fingerprint density at radius 2 is 1.42 bits per heavy atom. The number of rotatable bonds is 4. The normalized spacial score (nSPS) is 13.9. The molecule has 4 aromatic rings. The number of hydrogen-bond acceptors (Lipinski definition) is 2. The fraction of sp³-hybridized carbons (Fsp3) is 0.148. The van der Waals surface area contributed by atoms with Crippen molar-refractivity contribution in [2.45, 2.75) is 25.6 Å².